The first-order valence-corrected chi connectivity index (χ1v) is 13.3. The molecule has 2 unspecified atom stereocenters. The summed E-state index contributed by atoms with van der Waals surface area (Å²) in [7, 11) is 4.56. The molecule has 1 aliphatic rings. The van der Waals surface area contributed by atoms with Crippen molar-refractivity contribution < 1.29 is 28.2 Å². The second-order valence-corrected chi connectivity index (χ2v) is 10.2. The van der Waals surface area contributed by atoms with Gasteiger partial charge < -0.3 is 25.0 Å². The van der Waals surface area contributed by atoms with E-state index in [4.69, 9.17) is 15.2 Å². The minimum Gasteiger partial charge on any atom is -0.495 e. The number of amides is 3. The number of esters is 1. The van der Waals surface area contributed by atoms with Crippen LogP contribution < -0.4 is 20.3 Å². The van der Waals surface area contributed by atoms with Gasteiger partial charge in [0.2, 0.25) is 5.91 Å². The third kappa shape index (κ3) is 6.04. The average molecular weight is 613 g/mol. The van der Waals surface area contributed by atoms with E-state index in [2.05, 4.69) is 15.9 Å². The van der Waals surface area contributed by atoms with E-state index in [1.165, 1.54) is 24.0 Å². The maximum absolute atomic E-state index is 14.6. The number of ether oxygens (including phenoxy) is 2. The highest BCUT2D eigenvalue weighted by Gasteiger charge is 2.38. The molecule has 1 saturated heterocycles. The van der Waals surface area contributed by atoms with Gasteiger partial charge in [-0.2, -0.15) is 0 Å². The minimum atomic E-state index is -1.17. The molecule has 4 rings (SSSR count). The van der Waals surface area contributed by atoms with Crippen LogP contribution >= 0.6 is 15.9 Å². The average Bonchev–Trinajstić information content (AvgIpc) is 3.35. The van der Waals surface area contributed by atoms with E-state index in [1.807, 2.05) is 11.0 Å². The minimum absolute atomic E-state index is 0.000577. The highest BCUT2D eigenvalue weighted by Crippen LogP contribution is 2.38. The van der Waals surface area contributed by atoms with Gasteiger partial charge in [-0.05, 0) is 70.0 Å². The lowest BCUT2D eigenvalue weighted by molar-refractivity contribution is -0.131. The maximum Gasteiger partial charge on any atom is 0.337 e. The Balaban J connectivity index is 1.55. The Bertz CT molecular complexity index is 1400. The molecular weight excluding hydrogens is 583 g/mol. The predicted octanol–water partition coefficient (Wildman–Crippen LogP) is 5.04. The van der Waals surface area contributed by atoms with Crippen LogP contribution in [0.3, 0.4) is 0 Å². The van der Waals surface area contributed by atoms with Gasteiger partial charge in [0.05, 0.1) is 44.1 Å². The number of nitrogens with zero attached hydrogens (tertiary/aromatic N) is 3. The Morgan fingerprint density at radius 2 is 1.75 bits per heavy atom. The summed E-state index contributed by atoms with van der Waals surface area (Å²) in [4.78, 5) is 42.3. The van der Waals surface area contributed by atoms with Crippen LogP contribution in [0.15, 0.2) is 71.2 Å². The standard InChI is InChI=1S/C29H30BrFN4O5/c1-33(21-11-9-19(10-12-21)28(37)40-3)26-16-20(31)17-34(26)27(36)15-18-8-13-24(25(14-18)39-2)35(29(32)38)23-7-5-4-6-22(23)30/h4-14,20,26H,15-17H2,1-3H3,(H2,32,38). The van der Waals surface area contributed by atoms with Crippen molar-refractivity contribution in [3.8, 4) is 5.75 Å². The molecule has 1 heterocycles. The monoisotopic (exact) mass is 612 g/mol. The Kier molecular flexibility index (Phi) is 8.93. The molecule has 0 saturated carbocycles. The third-order valence-electron chi connectivity index (χ3n) is 6.84. The van der Waals surface area contributed by atoms with Crippen molar-refractivity contribution in [2.45, 2.75) is 25.2 Å². The fraction of sp³-hybridized carbons (Fsp3) is 0.276. The normalized spacial score (nSPS) is 16.4. The van der Waals surface area contributed by atoms with Crippen LogP contribution in [0.4, 0.5) is 26.2 Å². The Morgan fingerprint density at radius 3 is 2.38 bits per heavy atom. The number of nitrogens with two attached hydrogens (primary N) is 1. The highest BCUT2D eigenvalue weighted by atomic mass is 79.9. The molecular formula is C29H30BrFN4O5. The molecule has 0 spiro atoms. The Labute approximate surface area is 240 Å². The van der Waals surface area contributed by atoms with E-state index >= 15 is 0 Å². The van der Waals surface area contributed by atoms with Crippen molar-refractivity contribution >= 4 is 50.9 Å². The molecule has 0 radical (unpaired) electrons. The second kappa shape index (κ2) is 12.4. The molecule has 40 heavy (non-hydrogen) atoms. The van der Waals surface area contributed by atoms with Gasteiger partial charge in [-0.3, -0.25) is 9.69 Å². The number of rotatable bonds is 8. The Hall–Kier alpha value is -4.12. The smallest absolute Gasteiger partial charge is 0.337 e. The van der Waals surface area contributed by atoms with Crippen LogP contribution in [0.1, 0.15) is 22.3 Å². The molecule has 1 aliphatic heterocycles. The van der Waals surface area contributed by atoms with E-state index in [0.717, 1.165) is 5.69 Å². The number of benzene rings is 3. The lowest BCUT2D eigenvalue weighted by atomic mass is 10.1. The SMILES string of the molecule is COC(=O)c1ccc(N(C)C2CC(F)CN2C(=O)Cc2ccc(N(C(N)=O)c3ccccc3Br)c(OC)c2)cc1. The predicted molar refractivity (Wildman–Crippen MR) is 154 cm³/mol. The highest BCUT2D eigenvalue weighted by molar-refractivity contribution is 9.10. The summed E-state index contributed by atoms with van der Waals surface area (Å²) in [6.45, 7) is -0.0270. The molecule has 11 heteroatoms. The van der Waals surface area contributed by atoms with Crippen LogP contribution in [0.25, 0.3) is 0 Å². The van der Waals surface area contributed by atoms with E-state index in [9.17, 15) is 18.8 Å². The van der Waals surface area contributed by atoms with Crippen LogP contribution in [0, 0.1) is 0 Å². The number of urea groups is 1. The zero-order valence-electron chi connectivity index (χ0n) is 22.3. The van der Waals surface area contributed by atoms with Crippen molar-refractivity contribution in [2.24, 2.45) is 5.73 Å². The zero-order chi connectivity index (χ0) is 29.0. The fourth-order valence-corrected chi connectivity index (χ4v) is 5.28. The number of methoxy groups -OCH3 is 2. The van der Waals surface area contributed by atoms with Gasteiger partial charge in [-0.15, -0.1) is 0 Å². The fourth-order valence-electron chi connectivity index (χ4n) is 4.82. The molecule has 0 bridgehead atoms. The lowest BCUT2D eigenvalue weighted by Crippen LogP contribution is -2.46. The number of anilines is 3. The molecule has 0 aromatic heterocycles. The van der Waals surface area contributed by atoms with E-state index < -0.39 is 24.3 Å². The largest absolute Gasteiger partial charge is 0.495 e. The van der Waals surface area contributed by atoms with Crippen molar-refractivity contribution in [3.63, 3.8) is 0 Å². The summed E-state index contributed by atoms with van der Waals surface area (Å²) >= 11 is 3.45. The van der Waals surface area contributed by atoms with E-state index in [-0.39, 0.29) is 25.3 Å². The van der Waals surface area contributed by atoms with Gasteiger partial charge in [0.1, 0.15) is 18.1 Å². The molecule has 210 valence electrons. The molecule has 2 atom stereocenters. The molecule has 1 fully saturated rings. The number of likely N-dealkylation sites (tertiary alicyclic amines) is 1. The summed E-state index contributed by atoms with van der Waals surface area (Å²) in [6.07, 6.45) is -1.52. The van der Waals surface area contributed by atoms with Gasteiger partial charge in [-0.25, -0.2) is 14.0 Å². The molecule has 3 aromatic carbocycles. The second-order valence-electron chi connectivity index (χ2n) is 9.32. The van der Waals surface area contributed by atoms with E-state index in [1.54, 1.807) is 67.7 Å². The number of halogens is 2. The molecule has 0 aliphatic carbocycles. The van der Waals surface area contributed by atoms with Crippen LogP contribution in [-0.2, 0) is 16.0 Å². The summed E-state index contributed by atoms with van der Waals surface area (Å²) in [6, 6.07) is 18.2. The zero-order valence-corrected chi connectivity index (χ0v) is 23.9. The first-order chi connectivity index (χ1) is 19.1. The quantitative estimate of drug-likeness (QED) is 0.357. The number of hydrogen-bond donors (Lipinski definition) is 1. The molecule has 9 nitrogen and oxygen atoms in total. The van der Waals surface area contributed by atoms with E-state index in [0.29, 0.717) is 32.7 Å². The van der Waals surface area contributed by atoms with Crippen LogP contribution in [0.2, 0.25) is 0 Å². The van der Waals surface area contributed by atoms with Gasteiger partial charge in [-0.1, -0.05) is 18.2 Å². The van der Waals surface area contributed by atoms with Crippen molar-refractivity contribution in [1.82, 2.24) is 4.90 Å². The number of primary amides is 1. The van der Waals surface area contributed by atoms with Crippen molar-refractivity contribution in [3.05, 3.63) is 82.3 Å². The molecule has 3 amide bonds. The van der Waals surface area contributed by atoms with Crippen LogP contribution in [0.5, 0.6) is 5.75 Å². The summed E-state index contributed by atoms with van der Waals surface area (Å²) in [5.41, 5.74) is 8.43. The van der Waals surface area contributed by atoms with Crippen molar-refractivity contribution in [2.75, 3.05) is 37.6 Å². The maximum atomic E-state index is 14.6. The number of hydrogen-bond acceptors (Lipinski definition) is 6. The van der Waals surface area contributed by atoms with Gasteiger partial charge in [0.25, 0.3) is 0 Å². The summed E-state index contributed by atoms with van der Waals surface area (Å²) in [5, 5.41) is 0. The van der Waals surface area contributed by atoms with Gasteiger partial charge in [0.15, 0.2) is 0 Å². The molecule has 3 aromatic rings. The topological polar surface area (TPSA) is 105 Å². The van der Waals surface area contributed by atoms with Gasteiger partial charge >= 0.3 is 12.0 Å². The number of para-hydroxylation sites is 1. The Morgan fingerprint density at radius 1 is 1.05 bits per heavy atom. The van der Waals surface area contributed by atoms with Gasteiger partial charge in [0, 0.05) is 23.6 Å². The summed E-state index contributed by atoms with van der Waals surface area (Å²) in [5.74, 6) is -0.355. The summed E-state index contributed by atoms with van der Waals surface area (Å²) < 4.78 is 25.6. The molecule has 2 N–H and O–H groups in total. The van der Waals surface area contributed by atoms with Crippen molar-refractivity contribution in [1.29, 1.82) is 0 Å². The first-order valence-electron chi connectivity index (χ1n) is 12.5. The lowest BCUT2D eigenvalue weighted by Gasteiger charge is -2.34. The first kappa shape index (κ1) is 28.9. The number of carbonyl (C=O) groups is 3. The third-order valence-corrected chi connectivity index (χ3v) is 7.51. The number of alkyl halides is 1. The van der Waals surface area contributed by atoms with Crippen LogP contribution in [-0.4, -0.2) is 63.0 Å². The number of carbonyl (C=O) groups excluding carboxylic acids is 3.